The summed E-state index contributed by atoms with van der Waals surface area (Å²) in [5.74, 6) is 2.22. The van der Waals surface area contributed by atoms with E-state index in [0.29, 0.717) is 0 Å². The Labute approximate surface area is 147 Å². The number of amides is 1. The molecule has 0 fully saturated rings. The second kappa shape index (κ2) is 6.30. The molecule has 2 unspecified atom stereocenters. The van der Waals surface area contributed by atoms with E-state index in [1.54, 1.807) is 4.90 Å². The molecule has 1 aliphatic heterocycles. The number of terminal acetylenes is 1. The standard InChI is InChI=1S/C23H17NO/c1-2-19(17-11-5-3-6-12-17)22-20-15-9-10-16-21(20)24(23(22)25)18-13-7-4-8-14-18/h1,3-16,19,22H. The van der Waals surface area contributed by atoms with Gasteiger partial charge in [0, 0.05) is 5.69 Å². The van der Waals surface area contributed by atoms with Crippen LogP contribution >= 0.6 is 0 Å². The number of rotatable bonds is 3. The van der Waals surface area contributed by atoms with Crippen molar-refractivity contribution in [2.75, 3.05) is 4.90 Å². The number of hydrogen-bond acceptors (Lipinski definition) is 1. The van der Waals surface area contributed by atoms with Crippen molar-refractivity contribution in [3.8, 4) is 12.3 Å². The van der Waals surface area contributed by atoms with Gasteiger partial charge in [0.2, 0.25) is 5.91 Å². The van der Waals surface area contributed by atoms with Crippen LogP contribution in [0.25, 0.3) is 0 Å². The Kier molecular flexibility index (Phi) is 3.84. The first-order valence-corrected chi connectivity index (χ1v) is 8.30. The van der Waals surface area contributed by atoms with E-state index in [-0.39, 0.29) is 17.7 Å². The molecule has 3 aromatic rings. The van der Waals surface area contributed by atoms with Gasteiger partial charge in [0.05, 0.1) is 17.5 Å². The van der Waals surface area contributed by atoms with Crippen LogP contribution in [0.2, 0.25) is 0 Å². The Balaban J connectivity index is 1.85. The van der Waals surface area contributed by atoms with E-state index in [2.05, 4.69) is 5.92 Å². The SMILES string of the molecule is C#CC(c1ccccc1)C1C(=O)N(c2ccccc2)c2ccccc21. The number of carbonyl (C=O) groups excluding carboxylic acids is 1. The first kappa shape index (κ1) is 15.2. The molecule has 25 heavy (non-hydrogen) atoms. The van der Waals surface area contributed by atoms with Gasteiger partial charge >= 0.3 is 0 Å². The van der Waals surface area contributed by atoms with Crippen molar-refractivity contribution in [1.29, 1.82) is 0 Å². The van der Waals surface area contributed by atoms with Crippen LogP contribution in [-0.2, 0) is 4.79 Å². The maximum absolute atomic E-state index is 13.4. The summed E-state index contributed by atoms with van der Waals surface area (Å²) in [6.45, 7) is 0. The Morgan fingerprint density at radius 2 is 1.44 bits per heavy atom. The Hall–Kier alpha value is -3.31. The number of para-hydroxylation sites is 2. The molecule has 0 saturated carbocycles. The number of benzene rings is 3. The predicted octanol–water partition coefficient (Wildman–Crippen LogP) is 4.87. The molecule has 0 radical (unpaired) electrons. The Morgan fingerprint density at radius 3 is 2.12 bits per heavy atom. The molecule has 4 rings (SSSR count). The van der Waals surface area contributed by atoms with Gasteiger partial charge in [-0.15, -0.1) is 6.42 Å². The Morgan fingerprint density at radius 1 is 0.840 bits per heavy atom. The van der Waals surface area contributed by atoms with Crippen LogP contribution in [0, 0.1) is 12.3 Å². The first-order chi connectivity index (χ1) is 12.3. The van der Waals surface area contributed by atoms with Gasteiger partial charge in [-0.1, -0.05) is 72.7 Å². The van der Waals surface area contributed by atoms with Crippen molar-refractivity contribution in [1.82, 2.24) is 0 Å². The van der Waals surface area contributed by atoms with Crippen LogP contribution in [0.15, 0.2) is 84.9 Å². The van der Waals surface area contributed by atoms with Crippen LogP contribution in [0.3, 0.4) is 0 Å². The number of fused-ring (bicyclic) bond motifs is 1. The average Bonchev–Trinajstić information content (AvgIpc) is 2.96. The molecule has 2 atom stereocenters. The molecule has 1 amide bonds. The van der Waals surface area contributed by atoms with Crippen molar-refractivity contribution < 1.29 is 4.79 Å². The molecule has 2 heteroatoms. The second-order valence-electron chi connectivity index (χ2n) is 6.10. The quantitative estimate of drug-likeness (QED) is 0.630. The summed E-state index contributed by atoms with van der Waals surface area (Å²) < 4.78 is 0. The molecule has 1 heterocycles. The Bertz CT molecular complexity index is 941. The zero-order valence-electron chi connectivity index (χ0n) is 13.7. The maximum Gasteiger partial charge on any atom is 0.240 e. The van der Waals surface area contributed by atoms with Gasteiger partial charge < -0.3 is 0 Å². The third-order valence-corrected chi connectivity index (χ3v) is 4.69. The highest BCUT2D eigenvalue weighted by Gasteiger charge is 2.42. The minimum atomic E-state index is -0.371. The van der Waals surface area contributed by atoms with Gasteiger partial charge in [0.1, 0.15) is 0 Å². The topological polar surface area (TPSA) is 20.3 Å². The molecule has 0 N–H and O–H groups in total. The zero-order valence-corrected chi connectivity index (χ0v) is 13.7. The largest absolute Gasteiger partial charge is 0.280 e. The summed E-state index contributed by atoms with van der Waals surface area (Å²) in [6.07, 6.45) is 5.87. The number of carbonyl (C=O) groups is 1. The van der Waals surface area contributed by atoms with Crippen molar-refractivity contribution in [3.63, 3.8) is 0 Å². The van der Waals surface area contributed by atoms with Crippen LogP contribution in [0.4, 0.5) is 11.4 Å². The molecule has 3 aromatic carbocycles. The van der Waals surface area contributed by atoms with E-state index >= 15 is 0 Å². The lowest BCUT2D eigenvalue weighted by Gasteiger charge is -2.20. The number of hydrogen-bond donors (Lipinski definition) is 0. The van der Waals surface area contributed by atoms with Crippen LogP contribution in [0.5, 0.6) is 0 Å². The number of nitrogens with zero attached hydrogens (tertiary/aromatic N) is 1. The lowest BCUT2D eigenvalue weighted by molar-refractivity contribution is -0.118. The highest BCUT2D eigenvalue weighted by Crippen LogP contribution is 2.47. The van der Waals surface area contributed by atoms with E-state index in [1.807, 2.05) is 84.9 Å². The van der Waals surface area contributed by atoms with Gasteiger partial charge in [-0.2, -0.15) is 0 Å². The fourth-order valence-electron chi connectivity index (χ4n) is 3.56. The fraction of sp³-hybridized carbons (Fsp3) is 0.0870. The predicted molar refractivity (Wildman–Crippen MR) is 101 cm³/mol. The van der Waals surface area contributed by atoms with Crippen LogP contribution in [-0.4, -0.2) is 5.91 Å². The van der Waals surface area contributed by atoms with Crippen LogP contribution < -0.4 is 4.90 Å². The molecule has 2 nitrogen and oxygen atoms in total. The highest BCUT2D eigenvalue weighted by atomic mass is 16.2. The summed E-state index contributed by atoms with van der Waals surface area (Å²) in [5.41, 5.74) is 3.77. The van der Waals surface area contributed by atoms with Gasteiger partial charge in [0.15, 0.2) is 0 Å². The minimum absolute atomic E-state index is 0.0270. The molecule has 0 bridgehead atoms. The van der Waals surface area contributed by atoms with Gasteiger partial charge in [-0.3, -0.25) is 9.69 Å². The molecule has 0 saturated heterocycles. The van der Waals surface area contributed by atoms with Crippen molar-refractivity contribution in [2.24, 2.45) is 0 Å². The smallest absolute Gasteiger partial charge is 0.240 e. The van der Waals surface area contributed by atoms with Crippen molar-refractivity contribution in [2.45, 2.75) is 11.8 Å². The van der Waals surface area contributed by atoms with E-state index in [9.17, 15) is 4.79 Å². The summed E-state index contributed by atoms with van der Waals surface area (Å²) in [5, 5.41) is 0. The van der Waals surface area contributed by atoms with Gasteiger partial charge in [0.25, 0.3) is 0 Å². The number of anilines is 2. The zero-order chi connectivity index (χ0) is 17.2. The van der Waals surface area contributed by atoms with Crippen LogP contribution in [0.1, 0.15) is 23.0 Å². The highest BCUT2D eigenvalue weighted by molar-refractivity contribution is 6.11. The summed E-state index contributed by atoms with van der Waals surface area (Å²) in [6, 6.07) is 27.5. The molecule has 0 aliphatic carbocycles. The molecule has 0 aromatic heterocycles. The summed E-state index contributed by atoms with van der Waals surface area (Å²) in [7, 11) is 0. The molecular weight excluding hydrogens is 306 g/mol. The summed E-state index contributed by atoms with van der Waals surface area (Å²) in [4.78, 5) is 15.2. The first-order valence-electron chi connectivity index (χ1n) is 8.30. The van der Waals surface area contributed by atoms with E-state index in [1.165, 1.54) is 0 Å². The fourth-order valence-corrected chi connectivity index (χ4v) is 3.56. The average molecular weight is 323 g/mol. The van der Waals surface area contributed by atoms with E-state index in [0.717, 1.165) is 22.5 Å². The normalized spacial score (nSPS) is 17.0. The maximum atomic E-state index is 13.4. The van der Waals surface area contributed by atoms with E-state index < -0.39 is 0 Å². The third kappa shape index (κ3) is 2.51. The molecular formula is C23H17NO. The second-order valence-corrected chi connectivity index (χ2v) is 6.10. The van der Waals surface area contributed by atoms with E-state index in [4.69, 9.17) is 6.42 Å². The molecule has 1 aliphatic rings. The van der Waals surface area contributed by atoms with Gasteiger partial charge in [-0.05, 0) is 29.3 Å². The summed E-state index contributed by atoms with van der Waals surface area (Å²) >= 11 is 0. The minimum Gasteiger partial charge on any atom is -0.280 e. The van der Waals surface area contributed by atoms with Crippen molar-refractivity contribution >= 4 is 17.3 Å². The third-order valence-electron chi connectivity index (χ3n) is 4.69. The molecule has 120 valence electrons. The van der Waals surface area contributed by atoms with Gasteiger partial charge in [-0.25, -0.2) is 0 Å². The van der Waals surface area contributed by atoms with Crippen molar-refractivity contribution in [3.05, 3.63) is 96.1 Å². The lowest BCUT2D eigenvalue weighted by atomic mass is 9.83. The monoisotopic (exact) mass is 323 g/mol. The lowest BCUT2D eigenvalue weighted by Crippen LogP contribution is -2.26. The molecule has 0 spiro atoms.